The quantitative estimate of drug-likeness (QED) is 0.666. The number of esters is 1. The average Bonchev–Trinajstić information content (AvgIpc) is 3.06. The summed E-state index contributed by atoms with van der Waals surface area (Å²) < 4.78 is 5.02. The van der Waals surface area contributed by atoms with Crippen molar-refractivity contribution in [3.05, 3.63) is 35.5 Å². The first kappa shape index (κ1) is 16.9. The van der Waals surface area contributed by atoms with E-state index in [-0.39, 0.29) is 5.97 Å². The highest BCUT2D eigenvalue weighted by atomic mass is 32.1. The standard InChI is InChI=1S/C18H23N3O2S/c1-2-23-17(22)12-21-9-7-14(8-10-21)18-20-11-16(24-18)13-3-5-15(19)6-4-13/h3-6,11,14H,2,7-10,12,19H2,1H3. The first-order valence-corrected chi connectivity index (χ1v) is 9.17. The van der Waals surface area contributed by atoms with Gasteiger partial charge in [-0.1, -0.05) is 12.1 Å². The topological polar surface area (TPSA) is 68.5 Å². The number of nitrogens with zero attached hydrogens (tertiary/aromatic N) is 2. The number of carbonyl (C=O) groups excluding carboxylic acids is 1. The predicted molar refractivity (Wildman–Crippen MR) is 97.0 cm³/mol. The van der Waals surface area contributed by atoms with Crippen molar-refractivity contribution >= 4 is 23.0 Å². The van der Waals surface area contributed by atoms with Crippen LogP contribution in [-0.4, -0.2) is 42.1 Å². The van der Waals surface area contributed by atoms with E-state index >= 15 is 0 Å². The molecule has 1 aliphatic heterocycles. The van der Waals surface area contributed by atoms with Gasteiger partial charge in [0.2, 0.25) is 0 Å². The van der Waals surface area contributed by atoms with E-state index in [1.54, 1.807) is 11.3 Å². The van der Waals surface area contributed by atoms with Crippen LogP contribution in [-0.2, 0) is 9.53 Å². The normalized spacial score (nSPS) is 16.2. The van der Waals surface area contributed by atoms with Gasteiger partial charge in [0.15, 0.2) is 0 Å². The molecule has 0 saturated carbocycles. The van der Waals surface area contributed by atoms with Crippen LogP contribution in [0.25, 0.3) is 10.4 Å². The molecule has 24 heavy (non-hydrogen) atoms. The number of piperidine rings is 1. The summed E-state index contributed by atoms with van der Waals surface area (Å²) >= 11 is 1.76. The SMILES string of the molecule is CCOC(=O)CN1CCC(c2ncc(-c3ccc(N)cc3)s2)CC1. The van der Waals surface area contributed by atoms with Gasteiger partial charge in [0.1, 0.15) is 0 Å². The summed E-state index contributed by atoms with van der Waals surface area (Å²) in [5, 5.41) is 1.19. The fourth-order valence-electron chi connectivity index (χ4n) is 2.98. The lowest BCUT2D eigenvalue weighted by Crippen LogP contribution is -2.37. The van der Waals surface area contributed by atoms with E-state index < -0.39 is 0 Å². The van der Waals surface area contributed by atoms with Crippen LogP contribution in [0.15, 0.2) is 30.5 Å². The molecule has 0 radical (unpaired) electrons. The Hall–Kier alpha value is -1.92. The Morgan fingerprint density at radius 3 is 2.71 bits per heavy atom. The van der Waals surface area contributed by atoms with Gasteiger partial charge in [0.25, 0.3) is 0 Å². The number of nitrogens with two attached hydrogens (primary N) is 1. The summed E-state index contributed by atoms with van der Waals surface area (Å²) in [7, 11) is 0. The van der Waals surface area contributed by atoms with Gasteiger partial charge in [0, 0.05) is 17.8 Å². The number of carbonyl (C=O) groups is 1. The molecule has 0 spiro atoms. The molecule has 1 aliphatic rings. The Morgan fingerprint density at radius 2 is 2.04 bits per heavy atom. The maximum absolute atomic E-state index is 11.6. The molecule has 0 aliphatic carbocycles. The van der Waals surface area contributed by atoms with E-state index in [1.807, 2.05) is 37.4 Å². The number of benzene rings is 1. The minimum Gasteiger partial charge on any atom is -0.465 e. The molecule has 3 rings (SSSR count). The van der Waals surface area contributed by atoms with Gasteiger partial charge in [-0.15, -0.1) is 11.3 Å². The summed E-state index contributed by atoms with van der Waals surface area (Å²) in [6, 6.07) is 7.91. The van der Waals surface area contributed by atoms with E-state index in [0.29, 0.717) is 19.1 Å². The lowest BCUT2D eigenvalue weighted by atomic mass is 9.97. The van der Waals surface area contributed by atoms with Gasteiger partial charge in [-0.05, 0) is 50.6 Å². The van der Waals surface area contributed by atoms with Gasteiger partial charge < -0.3 is 10.5 Å². The largest absolute Gasteiger partial charge is 0.465 e. The first-order valence-electron chi connectivity index (χ1n) is 8.35. The fourth-order valence-corrected chi connectivity index (χ4v) is 4.08. The molecule has 1 fully saturated rings. The van der Waals surface area contributed by atoms with E-state index in [9.17, 15) is 4.79 Å². The fraction of sp³-hybridized carbons (Fsp3) is 0.444. The van der Waals surface area contributed by atoms with E-state index in [1.165, 1.54) is 9.88 Å². The summed E-state index contributed by atoms with van der Waals surface area (Å²) in [6.45, 7) is 4.52. The molecule has 0 amide bonds. The monoisotopic (exact) mass is 345 g/mol. The molecule has 2 N–H and O–H groups in total. The van der Waals surface area contributed by atoms with Gasteiger partial charge in [0.05, 0.1) is 23.0 Å². The molecule has 1 aromatic heterocycles. The van der Waals surface area contributed by atoms with Crippen LogP contribution in [0.3, 0.4) is 0 Å². The average molecular weight is 345 g/mol. The summed E-state index contributed by atoms with van der Waals surface area (Å²) in [5.41, 5.74) is 7.68. The zero-order valence-electron chi connectivity index (χ0n) is 13.9. The summed E-state index contributed by atoms with van der Waals surface area (Å²) in [6.07, 6.45) is 4.03. The van der Waals surface area contributed by atoms with Crippen molar-refractivity contribution in [2.24, 2.45) is 0 Å². The van der Waals surface area contributed by atoms with Crippen molar-refractivity contribution < 1.29 is 9.53 Å². The third-order valence-corrected chi connectivity index (χ3v) is 5.52. The second kappa shape index (κ2) is 7.77. The Kier molecular flexibility index (Phi) is 5.48. The molecule has 1 aromatic carbocycles. The maximum Gasteiger partial charge on any atom is 0.320 e. The number of likely N-dealkylation sites (tertiary alicyclic amines) is 1. The number of nitrogen functional groups attached to an aromatic ring is 1. The number of hydrogen-bond acceptors (Lipinski definition) is 6. The number of hydrogen-bond donors (Lipinski definition) is 1. The molecular weight excluding hydrogens is 322 g/mol. The second-order valence-corrected chi connectivity index (χ2v) is 7.10. The number of ether oxygens (including phenoxy) is 1. The van der Waals surface area contributed by atoms with Crippen LogP contribution in [0.1, 0.15) is 30.7 Å². The highest BCUT2D eigenvalue weighted by Crippen LogP contribution is 2.35. The highest BCUT2D eigenvalue weighted by Gasteiger charge is 2.24. The Balaban J connectivity index is 1.57. The molecule has 6 heteroatoms. The van der Waals surface area contributed by atoms with Crippen LogP contribution >= 0.6 is 11.3 Å². The van der Waals surface area contributed by atoms with Gasteiger partial charge in [-0.3, -0.25) is 9.69 Å². The summed E-state index contributed by atoms with van der Waals surface area (Å²) in [4.78, 5) is 19.5. The molecule has 1 saturated heterocycles. The van der Waals surface area contributed by atoms with Crippen molar-refractivity contribution in [2.45, 2.75) is 25.7 Å². The molecular formula is C18H23N3O2S. The van der Waals surface area contributed by atoms with E-state index in [0.717, 1.165) is 37.2 Å². The molecule has 5 nitrogen and oxygen atoms in total. The van der Waals surface area contributed by atoms with Gasteiger partial charge in [-0.25, -0.2) is 4.98 Å². The van der Waals surface area contributed by atoms with Crippen LogP contribution in [0.2, 0.25) is 0 Å². The Morgan fingerprint density at radius 1 is 1.33 bits per heavy atom. The summed E-state index contributed by atoms with van der Waals surface area (Å²) in [5.74, 6) is 0.354. The third kappa shape index (κ3) is 4.13. The van der Waals surface area contributed by atoms with Crippen molar-refractivity contribution in [3.63, 3.8) is 0 Å². The first-order chi connectivity index (χ1) is 11.7. The van der Waals surface area contributed by atoms with Gasteiger partial charge >= 0.3 is 5.97 Å². The van der Waals surface area contributed by atoms with Crippen molar-refractivity contribution in [2.75, 3.05) is 32.0 Å². The lowest BCUT2D eigenvalue weighted by molar-refractivity contribution is -0.144. The minimum atomic E-state index is -0.129. The minimum absolute atomic E-state index is 0.129. The number of anilines is 1. The zero-order valence-corrected chi connectivity index (χ0v) is 14.7. The van der Waals surface area contributed by atoms with E-state index in [2.05, 4.69) is 9.88 Å². The molecule has 128 valence electrons. The number of aromatic nitrogens is 1. The van der Waals surface area contributed by atoms with E-state index in [4.69, 9.17) is 10.5 Å². The number of thiazole rings is 1. The predicted octanol–water partition coefficient (Wildman–Crippen LogP) is 3.13. The van der Waals surface area contributed by atoms with Crippen LogP contribution in [0, 0.1) is 0 Å². The molecule has 2 aromatic rings. The highest BCUT2D eigenvalue weighted by molar-refractivity contribution is 7.15. The van der Waals surface area contributed by atoms with Crippen molar-refractivity contribution in [3.8, 4) is 10.4 Å². The second-order valence-electron chi connectivity index (χ2n) is 6.04. The van der Waals surface area contributed by atoms with Crippen LogP contribution < -0.4 is 5.73 Å². The molecule has 2 heterocycles. The van der Waals surface area contributed by atoms with Gasteiger partial charge in [-0.2, -0.15) is 0 Å². The lowest BCUT2D eigenvalue weighted by Gasteiger charge is -2.30. The van der Waals surface area contributed by atoms with Crippen LogP contribution in [0.4, 0.5) is 5.69 Å². The number of rotatable bonds is 5. The third-order valence-electron chi connectivity index (χ3n) is 4.31. The van der Waals surface area contributed by atoms with Crippen LogP contribution in [0.5, 0.6) is 0 Å². The Labute approximate surface area is 146 Å². The molecule has 0 unspecified atom stereocenters. The molecule has 0 bridgehead atoms. The maximum atomic E-state index is 11.6. The molecule has 0 atom stereocenters. The van der Waals surface area contributed by atoms with Crippen molar-refractivity contribution in [1.29, 1.82) is 0 Å². The smallest absolute Gasteiger partial charge is 0.320 e. The van der Waals surface area contributed by atoms with Crippen molar-refractivity contribution in [1.82, 2.24) is 9.88 Å². The Bertz CT molecular complexity index is 676. The zero-order chi connectivity index (χ0) is 16.9.